The minimum Gasteiger partial charge on any atom is -0.442 e. The van der Waals surface area contributed by atoms with Crippen molar-refractivity contribution in [3.05, 3.63) is 65.2 Å². The number of nitrogens with one attached hydrogen (secondary N) is 2. The number of carbonyl (C=O) groups excluding carboxylic acids is 3. The van der Waals surface area contributed by atoms with E-state index in [2.05, 4.69) is 10.6 Å². The first-order valence-electron chi connectivity index (χ1n) is 12.1. The van der Waals surface area contributed by atoms with Crippen LogP contribution in [-0.2, 0) is 15.1 Å². The average molecular weight is 499 g/mol. The third kappa shape index (κ3) is 4.09. The van der Waals surface area contributed by atoms with Crippen LogP contribution in [0.4, 0.5) is 19.3 Å². The summed E-state index contributed by atoms with van der Waals surface area (Å²) in [6, 6.07) is 10.4. The van der Waals surface area contributed by atoms with Crippen LogP contribution >= 0.6 is 0 Å². The largest absolute Gasteiger partial charge is 0.442 e. The molecule has 0 bridgehead atoms. The molecule has 0 unspecified atom stereocenters. The quantitative estimate of drug-likeness (QED) is 0.662. The molecule has 2 N–H and O–H groups in total. The summed E-state index contributed by atoms with van der Waals surface area (Å²) in [5, 5.41) is 5.93. The fourth-order valence-corrected chi connectivity index (χ4v) is 5.74. The molecule has 0 radical (unpaired) electrons. The van der Waals surface area contributed by atoms with Crippen LogP contribution in [0.15, 0.2) is 42.5 Å². The predicted octanol–water partition coefficient (Wildman–Crippen LogP) is 2.78. The van der Waals surface area contributed by atoms with Crippen LogP contribution < -0.4 is 15.5 Å². The van der Waals surface area contributed by atoms with E-state index in [1.807, 2.05) is 0 Å². The first kappa shape index (κ1) is 24.2. The zero-order valence-corrected chi connectivity index (χ0v) is 19.9. The van der Waals surface area contributed by atoms with E-state index in [0.717, 1.165) is 12.8 Å². The maximum Gasteiger partial charge on any atom is 0.414 e. The number of anilines is 1. The van der Waals surface area contributed by atoms with Crippen molar-refractivity contribution < 1.29 is 27.9 Å². The first-order valence-corrected chi connectivity index (χ1v) is 12.1. The number of rotatable bonds is 5. The molecule has 3 saturated heterocycles. The van der Waals surface area contributed by atoms with Crippen molar-refractivity contribution in [2.24, 2.45) is 5.92 Å². The number of amides is 3. The Bertz CT molecular complexity index is 1210. The number of hydrogen-bond donors (Lipinski definition) is 2. The van der Waals surface area contributed by atoms with E-state index < -0.39 is 35.3 Å². The second-order valence-corrected chi connectivity index (χ2v) is 9.55. The number of benzene rings is 2. The van der Waals surface area contributed by atoms with Gasteiger partial charge in [0.15, 0.2) is 0 Å². The highest BCUT2D eigenvalue weighted by Crippen LogP contribution is 2.46. The summed E-state index contributed by atoms with van der Waals surface area (Å²) in [7, 11) is 0. The SMILES string of the molecule is CC(=O)NC[C@H]1CN(c2ccc([C@@]34CNC[C@H]3CCCN4C(=O)c3ccccc3F)c(F)c2)C(=O)O1. The van der Waals surface area contributed by atoms with Gasteiger partial charge in [0.1, 0.15) is 17.7 Å². The van der Waals surface area contributed by atoms with E-state index in [1.165, 1.54) is 36.1 Å². The molecule has 0 aromatic heterocycles. The second kappa shape index (κ2) is 9.50. The topological polar surface area (TPSA) is 91.0 Å². The average Bonchev–Trinajstić information content (AvgIpc) is 3.46. The van der Waals surface area contributed by atoms with E-state index in [9.17, 15) is 18.8 Å². The molecule has 0 saturated carbocycles. The smallest absolute Gasteiger partial charge is 0.414 e. The molecule has 190 valence electrons. The maximum atomic E-state index is 15.8. The number of cyclic esters (lactones) is 1. The molecular weight excluding hydrogens is 470 g/mol. The number of halogens is 2. The number of carbonyl (C=O) groups is 3. The van der Waals surface area contributed by atoms with Crippen molar-refractivity contribution in [1.82, 2.24) is 15.5 Å². The number of likely N-dealkylation sites (tertiary alicyclic amines) is 1. The molecule has 2 aromatic carbocycles. The van der Waals surface area contributed by atoms with E-state index >= 15 is 4.39 Å². The Balaban J connectivity index is 1.47. The Kier molecular flexibility index (Phi) is 6.38. The van der Waals surface area contributed by atoms with E-state index in [-0.39, 0.29) is 30.5 Å². The van der Waals surface area contributed by atoms with Crippen molar-refractivity contribution in [2.75, 3.05) is 37.6 Å². The van der Waals surface area contributed by atoms with Gasteiger partial charge in [-0.05, 0) is 37.1 Å². The van der Waals surface area contributed by atoms with Crippen molar-refractivity contribution in [3.63, 3.8) is 0 Å². The van der Waals surface area contributed by atoms with Crippen LogP contribution in [0.2, 0.25) is 0 Å². The van der Waals surface area contributed by atoms with Crippen LogP contribution in [0, 0.1) is 17.6 Å². The van der Waals surface area contributed by atoms with Crippen molar-refractivity contribution >= 4 is 23.6 Å². The minimum absolute atomic E-state index is 0.0357. The summed E-state index contributed by atoms with van der Waals surface area (Å²) in [5.41, 5.74) is -0.340. The van der Waals surface area contributed by atoms with Gasteiger partial charge in [0.2, 0.25) is 5.91 Å². The maximum absolute atomic E-state index is 15.8. The van der Waals surface area contributed by atoms with Gasteiger partial charge in [0.05, 0.1) is 29.9 Å². The molecule has 36 heavy (non-hydrogen) atoms. The first-order chi connectivity index (χ1) is 17.3. The third-order valence-electron chi connectivity index (χ3n) is 7.41. The standard InChI is InChI=1S/C26H28F2N4O4/c1-16(33)30-13-19-14-31(25(35)36-19)18-8-9-21(23(28)11-18)26-15-29-12-17(26)5-4-10-32(26)24(34)20-6-2-3-7-22(20)27/h2-3,6-9,11,17,19,29H,4-5,10,12-15H2,1H3,(H,30,33)/t17-,19+,26-/m1/s1. The van der Waals surface area contributed by atoms with Crippen LogP contribution in [0.1, 0.15) is 35.7 Å². The zero-order chi connectivity index (χ0) is 25.4. The van der Waals surface area contributed by atoms with Crippen LogP contribution in [0.3, 0.4) is 0 Å². The highest BCUT2D eigenvalue weighted by atomic mass is 19.1. The van der Waals surface area contributed by atoms with Gasteiger partial charge in [-0.1, -0.05) is 18.2 Å². The Labute approximate surface area is 207 Å². The lowest BCUT2D eigenvalue weighted by molar-refractivity contribution is -0.119. The van der Waals surface area contributed by atoms with Gasteiger partial charge in [-0.2, -0.15) is 0 Å². The number of nitrogens with zero attached hydrogens (tertiary/aromatic N) is 2. The lowest BCUT2D eigenvalue weighted by Gasteiger charge is -2.49. The lowest BCUT2D eigenvalue weighted by Crippen LogP contribution is -2.57. The Morgan fingerprint density at radius 2 is 2.00 bits per heavy atom. The van der Waals surface area contributed by atoms with Gasteiger partial charge in [0, 0.05) is 38.0 Å². The molecule has 3 heterocycles. The number of piperidine rings is 1. The lowest BCUT2D eigenvalue weighted by atomic mass is 9.73. The van der Waals surface area contributed by atoms with Gasteiger partial charge in [-0.3, -0.25) is 14.5 Å². The summed E-state index contributed by atoms with van der Waals surface area (Å²) in [6.45, 7) is 3.06. The number of hydrogen-bond acceptors (Lipinski definition) is 5. The molecule has 5 rings (SSSR count). The molecule has 3 amide bonds. The molecule has 3 fully saturated rings. The predicted molar refractivity (Wildman–Crippen MR) is 127 cm³/mol. The molecule has 3 aliphatic rings. The van der Waals surface area contributed by atoms with Gasteiger partial charge in [-0.15, -0.1) is 0 Å². The van der Waals surface area contributed by atoms with Gasteiger partial charge in [0.25, 0.3) is 5.91 Å². The monoisotopic (exact) mass is 498 g/mol. The highest BCUT2D eigenvalue weighted by molar-refractivity contribution is 5.95. The molecule has 0 spiro atoms. The second-order valence-electron chi connectivity index (χ2n) is 9.55. The molecule has 3 atom stereocenters. The molecule has 8 nitrogen and oxygen atoms in total. The molecule has 2 aromatic rings. The van der Waals surface area contributed by atoms with Crippen LogP contribution in [0.25, 0.3) is 0 Å². The third-order valence-corrected chi connectivity index (χ3v) is 7.41. The Morgan fingerprint density at radius 1 is 1.19 bits per heavy atom. The fourth-order valence-electron chi connectivity index (χ4n) is 5.74. The van der Waals surface area contributed by atoms with Crippen molar-refractivity contribution in [2.45, 2.75) is 31.4 Å². The summed E-state index contributed by atoms with van der Waals surface area (Å²) < 4.78 is 35.7. The minimum atomic E-state index is -0.973. The molecular formula is C26H28F2N4O4. The van der Waals surface area contributed by atoms with Crippen LogP contribution in [-0.4, -0.2) is 61.6 Å². The Hall–Kier alpha value is -3.53. The number of ether oxygens (including phenoxy) is 1. The molecule has 3 aliphatic heterocycles. The summed E-state index contributed by atoms with van der Waals surface area (Å²) >= 11 is 0. The fraction of sp³-hybridized carbons (Fsp3) is 0.423. The van der Waals surface area contributed by atoms with Crippen molar-refractivity contribution in [1.29, 1.82) is 0 Å². The van der Waals surface area contributed by atoms with Crippen molar-refractivity contribution in [3.8, 4) is 0 Å². The van der Waals surface area contributed by atoms with E-state index in [4.69, 9.17) is 4.74 Å². The van der Waals surface area contributed by atoms with Gasteiger partial charge < -0.3 is 20.3 Å². The summed E-state index contributed by atoms with van der Waals surface area (Å²) in [6.07, 6.45) is 0.380. The van der Waals surface area contributed by atoms with Crippen LogP contribution in [0.5, 0.6) is 0 Å². The molecule has 0 aliphatic carbocycles. The number of fused-ring (bicyclic) bond motifs is 1. The van der Waals surface area contributed by atoms with E-state index in [1.54, 1.807) is 23.1 Å². The Morgan fingerprint density at radius 3 is 2.75 bits per heavy atom. The summed E-state index contributed by atoms with van der Waals surface area (Å²) in [5.74, 6) is -1.90. The molecule has 10 heteroatoms. The zero-order valence-electron chi connectivity index (χ0n) is 19.9. The normalized spacial score (nSPS) is 25.5. The van der Waals surface area contributed by atoms with Gasteiger partial charge >= 0.3 is 6.09 Å². The highest BCUT2D eigenvalue weighted by Gasteiger charge is 2.54. The van der Waals surface area contributed by atoms with E-state index in [0.29, 0.717) is 30.9 Å². The summed E-state index contributed by atoms with van der Waals surface area (Å²) in [4.78, 5) is 40.1. The van der Waals surface area contributed by atoms with Gasteiger partial charge in [-0.25, -0.2) is 13.6 Å².